The van der Waals surface area contributed by atoms with Crippen molar-refractivity contribution in [1.82, 2.24) is 5.32 Å². The Hall–Kier alpha value is -1.65. The van der Waals surface area contributed by atoms with Gasteiger partial charge in [0.25, 0.3) is 5.91 Å². The minimum Gasteiger partial charge on any atom is -0.351 e. The average molecular weight is 543 g/mol. The molecule has 0 aliphatic carbocycles. The number of unbranched alkanes of at least 4 members (excludes halogenated alkanes) is 4. The molecule has 0 unspecified atom stereocenters. The number of carbonyl (C=O) groups is 1. The van der Waals surface area contributed by atoms with Crippen LogP contribution < -0.4 is 5.32 Å². The summed E-state index contributed by atoms with van der Waals surface area (Å²) >= 11 is 0. The van der Waals surface area contributed by atoms with Gasteiger partial charge in [0.15, 0.2) is 0 Å². The lowest BCUT2D eigenvalue weighted by molar-refractivity contribution is -0.443. The lowest BCUT2D eigenvalue weighted by Crippen LogP contribution is -2.74. The van der Waals surface area contributed by atoms with Gasteiger partial charge in [-0.25, -0.2) is 8.78 Å². The van der Waals surface area contributed by atoms with Crippen molar-refractivity contribution < 1.29 is 75.0 Å². The molecule has 0 aliphatic heterocycles. The van der Waals surface area contributed by atoms with Crippen molar-refractivity contribution in [2.24, 2.45) is 0 Å². The van der Waals surface area contributed by atoms with Gasteiger partial charge in [0.2, 0.25) is 0 Å². The van der Waals surface area contributed by atoms with E-state index < -0.39 is 60.3 Å². The predicted octanol–water partition coefficient (Wildman–Crippen LogP) is 6.79. The van der Waals surface area contributed by atoms with Crippen LogP contribution >= 0.6 is 0 Å². The third kappa shape index (κ3) is 4.99. The van der Waals surface area contributed by atoms with Gasteiger partial charge >= 0.3 is 47.9 Å². The van der Waals surface area contributed by atoms with E-state index in [0.29, 0.717) is 19.3 Å². The van der Waals surface area contributed by atoms with Gasteiger partial charge in [-0.2, -0.15) is 61.5 Å². The molecule has 34 heavy (non-hydrogen) atoms. The fraction of sp³-hybridized carbons (Fsp3) is 0.938. The number of halogens is 16. The quantitative estimate of drug-likeness (QED) is 0.190. The predicted molar refractivity (Wildman–Crippen MR) is 82.4 cm³/mol. The van der Waals surface area contributed by atoms with Gasteiger partial charge < -0.3 is 5.32 Å². The molecule has 1 N–H and O–H groups in total. The first-order valence-electron chi connectivity index (χ1n) is 9.14. The standard InChI is InChI=1S/C16H17F16NO/c1-2-3-4-5-6-7-33-9(34)11(21,22)13(25,26)15(29,30)16(31,32)14(27,28)12(23,24)10(19,20)8(17)18/h8H,2-7H2,1H3,(H,33,34). The highest BCUT2D eigenvalue weighted by atomic mass is 19.4. The van der Waals surface area contributed by atoms with Crippen LogP contribution in [0.2, 0.25) is 0 Å². The zero-order valence-electron chi connectivity index (χ0n) is 16.8. The van der Waals surface area contributed by atoms with E-state index in [2.05, 4.69) is 0 Å². The first-order valence-corrected chi connectivity index (χ1v) is 9.14. The summed E-state index contributed by atoms with van der Waals surface area (Å²) in [4.78, 5) is 11.2. The molecule has 0 radical (unpaired) electrons. The summed E-state index contributed by atoms with van der Waals surface area (Å²) in [6, 6.07) is 0. The Balaban J connectivity index is 6.09. The molecule has 0 fully saturated rings. The molecule has 0 saturated carbocycles. The highest BCUT2D eigenvalue weighted by molar-refractivity contribution is 5.84. The molecule has 0 aliphatic rings. The first-order chi connectivity index (χ1) is 14.9. The second-order valence-electron chi connectivity index (χ2n) is 7.04. The lowest BCUT2D eigenvalue weighted by atomic mass is 9.89. The Morgan fingerprint density at radius 2 is 1.00 bits per heavy atom. The van der Waals surface area contributed by atoms with Gasteiger partial charge in [-0.05, 0) is 6.42 Å². The van der Waals surface area contributed by atoms with Crippen LogP contribution in [0.5, 0.6) is 0 Å². The Morgan fingerprint density at radius 3 is 1.41 bits per heavy atom. The van der Waals surface area contributed by atoms with Crippen molar-refractivity contribution in [2.45, 2.75) is 86.9 Å². The van der Waals surface area contributed by atoms with Gasteiger partial charge in [0, 0.05) is 6.54 Å². The Kier molecular flexibility index (Phi) is 9.65. The van der Waals surface area contributed by atoms with Crippen molar-refractivity contribution in [3.63, 3.8) is 0 Å². The van der Waals surface area contributed by atoms with Crippen molar-refractivity contribution in [2.75, 3.05) is 6.54 Å². The number of rotatable bonds is 14. The van der Waals surface area contributed by atoms with Crippen LogP contribution in [0, 0.1) is 0 Å². The molecule has 0 rings (SSSR count). The second kappa shape index (κ2) is 10.1. The third-order valence-corrected chi connectivity index (χ3v) is 4.52. The van der Waals surface area contributed by atoms with E-state index in [0.717, 1.165) is 5.32 Å². The van der Waals surface area contributed by atoms with Gasteiger partial charge in [-0.1, -0.05) is 32.6 Å². The molecule has 0 atom stereocenters. The molecule has 0 aromatic carbocycles. The normalized spacial score (nSPS) is 15.1. The fourth-order valence-corrected chi connectivity index (χ4v) is 2.32. The molecule has 0 bridgehead atoms. The highest BCUT2D eigenvalue weighted by Gasteiger charge is 2.94. The number of hydrogen-bond donors (Lipinski definition) is 1. The Morgan fingerprint density at radius 1 is 0.618 bits per heavy atom. The number of amides is 1. The average Bonchev–Trinajstić information content (AvgIpc) is 2.69. The van der Waals surface area contributed by atoms with Crippen molar-refractivity contribution in [1.29, 1.82) is 0 Å². The van der Waals surface area contributed by atoms with Gasteiger partial charge in [0.1, 0.15) is 0 Å². The van der Waals surface area contributed by atoms with Crippen LogP contribution in [0.4, 0.5) is 70.2 Å². The summed E-state index contributed by atoms with van der Waals surface area (Å²) < 4.78 is 211. The summed E-state index contributed by atoms with van der Waals surface area (Å²) in [6.07, 6.45) is -4.21. The topological polar surface area (TPSA) is 29.1 Å². The summed E-state index contributed by atoms with van der Waals surface area (Å²) in [5, 5.41) is 0.936. The third-order valence-electron chi connectivity index (χ3n) is 4.52. The van der Waals surface area contributed by atoms with Crippen molar-refractivity contribution in [3.8, 4) is 0 Å². The highest BCUT2D eigenvalue weighted by Crippen LogP contribution is 2.62. The van der Waals surface area contributed by atoms with Crippen LogP contribution in [0.3, 0.4) is 0 Å². The second-order valence-corrected chi connectivity index (χ2v) is 7.04. The molecule has 0 aromatic rings. The van der Waals surface area contributed by atoms with E-state index in [-0.39, 0.29) is 12.8 Å². The van der Waals surface area contributed by atoms with E-state index in [4.69, 9.17) is 0 Å². The summed E-state index contributed by atoms with van der Waals surface area (Å²) in [5.41, 5.74) is 0. The Bertz CT molecular complexity index is 690. The van der Waals surface area contributed by atoms with Crippen LogP contribution in [0.25, 0.3) is 0 Å². The van der Waals surface area contributed by atoms with E-state index in [9.17, 15) is 75.0 Å². The lowest BCUT2D eigenvalue weighted by Gasteiger charge is -2.42. The van der Waals surface area contributed by atoms with E-state index in [1.54, 1.807) is 6.92 Å². The smallest absolute Gasteiger partial charge is 0.351 e. The SMILES string of the molecule is CCCCCCCNC(=O)C(F)(F)C(F)(F)C(F)(F)C(F)(F)C(F)(F)C(F)(F)C(F)(F)C(F)F. The first kappa shape index (κ1) is 32.4. The maximum atomic E-state index is 13.6. The maximum absolute atomic E-state index is 13.6. The number of hydrogen-bond acceptors (Lipinski definition) is 1. The minimum atomic E-state index is -8.50. The van der Waals surface area contributed by atoms with E-state index >= 15 is 0 Å². The monoisotopic (exact) mass is 543 g/mol. The van der Waals surface area contributed by atoms with E-state index in [1.165, 1.54) is 0 Å². The van der Waals surface area contributed by atoms with Crippen LogP contribution in [0.15, 0.2) is 0 Å². The summed E-state index contributed by atoms with van der Waals surface area (Å²) in [6.45, 7) is 0.833. The summed E-state index contributed by atoms with van der Waals surface area (Å²) in [5.74, 6) is -59.2. The van der Waals surface area contributed by atoms with Crippen LogP contribution in [-0.2, 0) is 4.79 Å². The van der Waals surface area contributed by atoms with Crippen LogP contribution in [0.1, 0.15) is 39.0 Å². The van der Waals surface area contributed by atoms with Gasteiger partial charge in [-0.3, -0.25) is 4.79 Å². The molecule has 204 valence electrons. The molecular formula is C16H17F16NO. The maximum Gasteiger partial charge on any atom is 0.392 e. The zero-order chi connectivity index (χ0) is 27.6. The van der Waals surface area contributed by atoms with Crippen LogP contribution in [-0.4, -0.2) is 60.3 Å². The number of nitrogens with one attached hydrogen (secondary N) is 1. The van der Waals surface area contributed by atoms with Gasteiger partial charge in [-0.15, -0.1) is 0 Å². The Labute approximate surface area is 181 Å². The fourth-order valence-electron chi connectivity index (χ4n) is 2.32. The van der Waals surface area contributed by atoms with Gasteiger partial charge in [0.05, 0.1) is 0 Å². The number of alkyl halides is 16. The molecule has 0 heterocycles. The summed E-state index contributed by atoms with van der Waals surface area (Å²) in [7, 11) is 0. The number of carbonyl (C=O) groups excluding carboxylic acids is 1. The van der Waals surface area contributed by atoms with E-state index in [1.807, 2.05) is 0 Å². The molecule has 1 amide bonds. The zero-order valence-corrected chi connectivity index (χ0v) is 16.8. The molecule has 2 nitrogen and oxygen atoms in total. The molecule has 0 spiro atoms. The minimum absolute atomic E-state index is 0.184. The van der Waals surface area contributed by atoms with Crippen molar-refractivity contribution in [3.05, 3.63) is 0 Å². The molecular weight excluding hydrogens is 526 g/mol. The largest absolute Gasteiger partial charge is 0.392 e. The molecule has 18 heteroatoms. The van der Waals surface area contributed by atoms with Crippen molar-refractivity contribution >= 4 is 5.91 Å². The molecule has 0 aromatic heterocycles. The molecule has 0 saturated heterocycles.